The molecule has 1 amide bonds. The third-order valence-electron chi connectivity index (χ3n) is 3.66. The minimum Gasteiger partial charge on any atom is -0.355 e. The number of hydrogen-bond acceptors (Lipinski definition) is 1. The highest BCUT2D eigenvalue weighted by Crippen LogP contribution is 2.25. The Balaban J connectivity index is 2.71. The molecule has 0 saturated carbocycles. The molecule has 3 heteroatoms. The van der Waals surface area contributed by atoms with Gasteiger partial charge >= 0.3 is 0 Å². The third-order valence-corrected chi connectivity index (χ3v) is 3.66. The largest absolute Gasteiger partial charge is 0.355 e. The van der Waals surface area contributed by atoms with E-state index in [4.69, 9.17) is 0 Å². The SMILES string of the molecule is CCC(CC)C(=O)NCC(C)(C)c1ccccc1F. The lowest BCUT2D eigenvalue weighted by Crippen LogP contribution is -2.39. The van der Waals surface area contributed by atoms with Crippen LogP contribution in [0.4, 0.5) is 4.39 Å². The van der Waals surface area contributed by atoms with Gasteiger partial charge in [-0.05, 0) is 24.5 Å². The molecule has 1 rings (SSSR count). The van der Waals surface area contributed by atoms with Gasteiger partial charge in [-0.15, -0.1) is 0 Å². The van der Waals surface area contributed by atoms with Gasteiger partial charge in [0.1, 0.15) is 5.82 Å². The average Bonchev–Trinajstić information content (AvgIpc) is 2.38. The molecule has 0 atom stereocenters. The van der Waals surface area contributed by atoms with Gasteiger partial charge in [0.25, 0.3) is 0 Å². The first-order valence-corrected chi connectivity index (χ1v) is 6.95. The molecule has 0 aliphatic carbocycles. The average molecular weight is 265 g/mol. The molecule has 2 nitrogen and oxygen atoms in total. The van der Waals surface area contributed by atoms with Gasteiger partial charge < -0.3 is 5.32 Å². The Morgan fingerprint density at radius 3 is 2.37 bits per heavy atom. The van der Waals surface area contributed by atoms with Gasteiger partial charge in [-0.1, -0.05) is 45.9 Å². The van der Waals surface area contributed by atoms with E-state index in [1.807, 2.05) is 33.8 Å². The van der Waals surface area contributed by atoms with Crippen molar-refractivity contribution in [3.05, 3.63) is 35.6 Å². The second-order valence-electron chi connectivity index (χ2n) is 5.59. The lowest BCUT2D eigenvalue weighted by molar-refractivity contribution is -0.125. The Morgan fingerprint density at radius 2 is 1.84 bits per heavy atom. The van der Waals surface area contributed by atoms with Crippen LogP contribution in [0.15, 0.2) is 24.3 Å². The van der Waals surface area contributed by atoms with Gasteiger partial charge in [0.05, 0.1) is 0 Å². The van der Waals surface area contributed by atoms with Crippen LogP contribution in [0.3, 0.4) is 0 Å². The molecule has 0 unspecified atom stereocenters. The molecule has 1 aromatic rings. The Bertz CT molecular complexity index is 425. The van der Waals surface area contributed by atoms with Crippen molar-refractivity contribution in [2.24, 2.45) is 5.92 Å². The van der Waals surface area contributed by atoms with E-state index in [1.165, 1.54) is 6.07 Å². The van der Waals surface area contributed by atoms with Crippen LogP contribution in [-0.4, -0.2) is 12.5 Å². The van der Waals surface area contributed by atoms with Crippen molar-refractivity contribution in [2.45, 2.75) is 46.0 Å². The summed E-state index contributed by atoms with van der Waals surface area (Å²) >= 11 is 0. The van der Waals surface area contributed by atoms with Crippen molar-refractivity contribution in [3.63, 3.8) is 0 Å². The van der Waals surface area contributed by atoms with Crippen molar-refractivity contribution in [3.8, 4) is 0 Å². The molecule has 0 aliphatic heterocycles. The highest BCUT2D eigenvalue weighted by Gasteiger charge is 2.25. The minimum atomic E-state index is -0.410. The molecule has 0 spiro atoms. The first kappa shape index (κ1) is 15.7. The Labute approximate surface area is 115 Å². The number of amides is 1. The fraction of sp³-hybridized carbons (Fsp3) is 0.562. The zero-order valence-electron chi connectivity index (χ0n) is 12.3. The van der Waals surface area contributed by atoms with Gasteiger partial charge in [-0.2, -0.15) is 0 Å². The standard InChI is InChI=1S/C16H24FNO/c1-5-12(6-2)15(19)18-11-16(3,4)13-9-7-8-10-14(13)17/h7-10,12H,5-6,11H2,1-4H3,(H,18,19). The maximum absolute atomic E-state index is 13.8. The number of rotatable bonds is 6. The number of benzene rings is 1. The van der Waals surface area contributed by atoms with Gasteiger partial charge in [-0.25, -0.2) is 4.39 Å². The van der Waals surface area contributed by atoms with E-state index in [0.29, 0.717) is 12.1 Å². The summed E-state index contributed by atoms with van der Waals surface area (Å²) in [5.41, 5.74) is 0.229. The highest BCUT2D eigenvalue weighted by atomic mass is 19.1. The van der Waals surface area contributed by atoms with Crippen molar-refractivity contribution >= 4 is 5.91 Å². The fourth-order valence-corrected chi connectivity index (χ4v) is 2.22. The molecular weight excluding hydrogens is 241 g/mol. The normalized spacial score (nSPS) is 11.7. The van der Waals surface area contributed by atoms with Gasteiger partial charge in [0.15, 0.2) is 0 Å². The Hall–Kier alpha value is -1.38. The summed E-state index contributed by atoms with van der Waals surface area (Å²) in [5, 5.41) is 2.94. The quantitative estimate of drug-likeness (QED) is 0.835. The van der Waals surface area contributed by atoms with Crippen LogP contribution in [0, 0.1) is 11.7 Å². The lowest BCUT2D eigenvalue weighted by Gasteiger charge is -2.27. The molecular formula is C16H24FNO. The van der Waals surface area contributed by atoms with Crippen LogP contribution >= 0.6 is 0 Å². The molecule has 106 valence electrons. The zero-order chi connectivity index (χ0) is 14.5. The van der Waals surface area contributed by atoms with Crippen LogP contribution in [0.25, 0.3) is 0 Å². The summed E-state index contributed by atoms with van der Waals surface area (Å²) < 4.78 is 13.8. The van der Waals surface area contributed by atoms with Gasteiger partial charge in [0.2, 0.25) is 5.91 Å². The minimum absolute atomic E-state index is 0.0522. The number of hydrogen-bond donors (Lipinski definition) is 1. The van der Waals surface area contributed by atoms with Crippen molar-refractivity contribution < 1.29 is 9.18 Å². The van der Waals surface area contributed by atoms with E-state index in [-0.39, 0.29) is 17.6 Å². The zero-order valence-corrected chi connectivity index (χ0v) is 12.3. The molecule has 0 bridgehead atoms. The second-order valence-corrected chi connectivity index (χ2v) is 5.59. The van der Waals surface area contributed by atoms with Gasteiger partial charge in [0, 0.05) is 17.9 Å². The van der Waals surface area contributed by atoms with Crippen LogP contribution in [0.5, 0.6) is 0 Å². The molecule has 19 heavy (non-hydrogen) atoms. The predicted molar refractivity (Wildman–Crippen MR) is 76.5 cm³/mol. The van der Waals surface area contributed by atoms with Crippen molar-refractivity contribution in [2.75, 3.05) is 6.54 Å². The third kappa shape index (κ3) is 4.05. The molecule has 1 N–H and O–H groups in total. The lowest BCUT2D eigenvalue weighted by atomic mass is 9.84. The Kier molecular flexibility index (Phi) is 5.52. The van der Waals surface area contributed by atoms with Gasteiger partial charge in [-0.3, -0.25) is 4.79 Å². The van der Waals surface area contributed by atoms with Crippen LogP contribution in [0.2, 0.25) is 0 Å². The first-order chi connectivity index (χ1) is 8.92. The maximum atomic E-state index is 13.8. The molecule has 0 fully saturated rings. The van der Waals surface area contributed by atoms with E-state index in [1.54, 1.807) is 12.1 Å². The Morgan fingerprint density at radius 1 is 1.26 bits per heavy atom. The van der Waals surface area contributed by atoms with Crippen LogP contribution in [0.1, 0.15) is 46.1 Å². The number of halogens is 1. The number of carbonyl (C=O) groups is 1. The maximum Gasteiger partial charge on any atom is 0.223 e. The topological polar surface area (TPSA) is 29.1 Å². The molecule has 1 aromatic carbocycles. The van der Waals surface area contributed by atoms with E-state index in [9.17, 15) is 9.18 Å². The molecule has 0 aromatic heterocycles. The highest BCUT2D eigenvalue weighted by molar-refractivity contribution is 5.78. The van der Waals surface area contributed by atoms with Crippen LogP contribution < -0.4 is 5.32 Å². The number of nitrogens with one attached hydrogen (secondary N) is 1. The summed E-state index contributed by atoms with van der Waals surface area (Å²) in [6.45, 7) is 8.35. The van der Waals surface area contributed by atoms with Crippen molar-refractivity contribution in [1.29, 1.82) is 0 Å². The monoisotopic (exact) mass is 265 g/mol. The first-order valence-electron chi connectivity index (χ1n) is 6.95. The smallest absolute Gasteiger partial charge is 0.223 e. The van der Waals surface area contributed by atoms with E-state index in [2.05, 4.69) is 5.32 Å². The van der Waals surface area contributed by atoms with E-state index < -0.39 is 5.41 Å². The molecule has 0 saturated heterocycles. The summed E-state index contributed by atoms with van der Waals surface area (Å²) in [6, 6.07) is 6.74. The summed E-state index contributed by atoms with van der Waals surface area (Å²) in [7, 11) is 0. The summed E-state index contributed by atoms with van der Waals surface area (Å²) in [6.07, 6.45) is 1.67. The van der Waals surface area contributed by atoms with E-state index in [0.717, 1.165) is 12.8 Å². The summed E-state index contributed by atoms with van der Waals surface area (Å²) in [5.74, 6) is -0.102. The summed E-state index contributed by atoms with van der Waals surface area (Å²) in [4.78, 5) is 12.0. The van der Waals surface area contributed by atoms with Crippen molar-refractivity contribution in [1.82, 2.24) is 5.32 Å². The van der Waals surface area contributed by atoms with Crippen LogP contribution in [-0.2, 0) is 10.2 Å². The molecule has 0 radical (unpaired) electrons. The predicted octanol–water partition coefficient (Wildman–Crippen LogP) is 3.66. The fourth-order valence-electron chi connectivity index (χ4n) is 2.22. The molecule has 0 heterocycles. The van der Waals surface area contributed by atoms with E-state index >= 15 is 0 Å². The second kappa shape index (κ2) is 6.69. The molecule has 0 aliphatic rings. The number of carbonyl (C=O) groups excluding carboxylic acids is 1.